The van der Waals surface area contributed by atoms with Gasteiger partial charge in [0.05, 0.1) is 5.54 Å². The fourth-order valence-corrected chi connectivity index (χ4v) is 2.37. The van der Waals surface area contributed by atoms with Crippen LogP contribution in [-0.2, 0) is 0 Å². The molecule has 0 radical (unpaired) electrons. The van der Waals surface area contributed by atoms with Crippen LogP contribution in [0.4, 0.5) is 5.69 Å². The summed E-state index contributed by atoms with van der Waals surface area (Å²) < 4.78 is 0. The second kappa shape index (κ2) is 3.65. The summed E-state index contributed by atoms with van der Waals surface area (Å²) in [6.45, 7) is 11.1. The molecule has 0 saturated heterocycles. The SMILES string of the molecule is CC1=CC(C)(C)Nc2cc(C(C)C)ccc21. The van der Waals surface area contributed by atoms with E-state index in [1.807, 2.05) is 0 Å². The Labute approximate surface area is 98.6 Å². The molecule has 2 rings (SSSR count). The van der Waals surface area contributed by atoms with Gasteiger partial charge in [-0.15, -0.1) is 0 Å². The Morgan fingerprint density at radius 2 is 1.88 bits per heavy atom. The molecular weight excluding hydrogens is 194 g/mol. The maximum absolute atomic E-state index is 3.59. The van der Waals surface area contributed by atoms with Crippen molar-refractivity contribution in [1.29, 1.82) is 0 Å². The Hall–Kier alpha value is -1.24. The van der Waals surface area contributed by atoms with E-state index < -0.39 is 0 Å². The number of hydrogen-bond acceptors (Lipinski definition) is 1. The molecule has 1 aliphatic heterocycles. The van der Waals surface area contributed by atoms with E-state index in [-0.39, 0.29) is 5.54 Å². The van der Waals surface area contributed by atoms with Crippen molar-refractivity contribution in [2.24, 2.45) is 0 Å². The van der Waals surface area contributed by atoms with E-state index >= 15 is 0 Å². The first kappa shape index (κ1) is 11.3. The van der Waals surface area contributed by atoms with Crippen molar-refractivity contribution in [1.82, 2.24) is 0 Å². The minimum Gasteiger partial charge on any atom is -0.376 e. The van der Waals surface area contributed by atoms with Crippen LogP contribution in [0.5, 0.6) is 0 Å². The van der Waals surface area contributed by atoms with Gasteiger partial charge >= 0.3 is 0 Å². The van der Waals surface area contributed by atoms with Crippen LogP contribution in [0.3, 0.4) is 0 Å². The normalized spacial score (nSPS) is 17.8. The van der Waals surface area contributed by atoms with Crippen LogP contribution < -0.4 is 5.32 Å². The number of allylic oxidation sites excluding steroid dienone is 1. The molecule has 1 aliphatic rings. The van der Waals surface area contributed by atoms with Crippen LogP contribution in [0, 0.1) is 0 Å². The van der Waals surface area contributed by atoms with Gasteiger partial charge in [0.2, 0.25) is 0 Å². The van der Waals surface area contributed by atoms with E-state index in [0.717, 1.165) is 0 Å². The Morgan fingerprint density at radius 1 is 1.19 bits per heavy atom. The van der Waals surface area contributed by atoms with Crippen LogP contribution in [0.15, 0.2) is 24.3 Å². The summed E-state index contributed by atoms with van der Waals surface area (Å²) in [5.74, 6) is 0.585. The third-order valence-corrected chi connectivity index (χ3v) is 3.17. The zero-order valence-electron chi connectivity index (χ0n) is 10.9. The summed E-state index contributed by atoms with van der Waals surface area (Å²) in [5, 5.41) is 3.59. The molecular formula is C15H21N. The van der Waals surface area contributed by atoms with Gasteiger partial charge < -0.3 is 5.32 Å². The fraction of sp³-hybridized carbons (Fsp3) is 0.467. The summed E-state index contributed by atoms with van der Waals surface area (Å²) in [4.78, 5) is 0. The van der Waals surface area contributed by atoms with Crippen molar-refractivity contribution < 1.29 is 0 Å². The molecule has 1 heterocycles. The molecule has 1 N–H and O–H groups in total. The molecule has 0 amide bonds. The molecule has 0 atom stereocenters. The first-order valence-electron chi connectivity index (χ1n) is 6.01. The standard InChI is InChI=1S/C15H21N/c1-10(2)12-6-7-13-11(3)9-15(4,5)16-14(13)8-12/h6-10,16H,1-5H3. The summed E-state index contributed by atoms with van der Waals surface area (Å²) in [6, 6.07) is 6.76. The van der Waals surface area contributed by atoms with Gasteiger partial charge in [0.15, 0.2) is 0 Å². The highest BCUT2D eigenvalue weighted by molar-refractivity contribution is 5.80. The van der Waals surface area contributed by atoms with Gasteiger partial charge in [-0.05, 0) is 43.9 Å². The molecule has 16 heavy (non-hydrogen) atoms. The number of hydrogen-bond donors (Lipinski definition) is 1. The molecule has 0 bridgehead atoms. The number of fused-ring (bicyclic) bond motifs is 1. The zero-order chi connectivity index (χ0) is 11.9. The Kier molecular flexibility index (Phi) is 2.57. The van der Waals surface area contributed by atoms with Crippen LogP contribution in [-0.4, -0.2) is 5.54 Å². The first-order valence-corrected chi connectivity index (χ1v) is 6.01. The zero-order valence-corrected chi connectivity index (χ0v) is 10.9. The molecule has 1 aromatic carbocycles. The third-order valence-electron chi connectivity index (χ3n) is 3.17. The van der Waals surface area contributed by atoms with Gasteiger partial charge in [0, 0.05) is 11.3 Å². The van der Waals surface area contributed by atoms with Crippen molar-refractivity contribution in [2.75, 3.05) is 5.32 Å². The topological polar surface area (TPSA) is 12.0 Å². The van der Waals surface area contributed by atoms with Crippen LogP contribution in [0.2, 0.25) is 0 Å². The molecule has 1 aromatic rings. The molecule has 0 aromatic heterocycles. The van der Waals surface area contributed by atoms with E-state index in [9.17, 15) is 0 Å². The molecule has 86 valence electrons. The fourth-order valence-electron chi connectivity index (χ4n) is 2.37. The van der Waals surface area contributed by atoms with Gasteiger partial charge in [-0.3, -0.25) is 0 Å². The summed E-state index contributed by atoms with van der Waals surface area (Å²) in [5.41, 5.74) is 5.44. The van der Waals surface area contributed by atoms with E-state index in [1.54, 1.807) is 0 Å². The maximum atomic E-state index is 3.59. The minimum absolute atomic E-state index is 0.0622. The Morgan fingerprint density at radius 3 is 2.50 bits per heavy atom. The van der Waals surface area contributed by atoms with Crippen molar-refractivity contribution in [2.45, 2.75) is 46.1 Å². The molecule has 0 saturated carbocycles. The molecule has 0 unspecified atom stereocenters. The van der Waals surface area contributed by atoms with Gasteiger partial charge in [-0.2, -0.15) is 0 Å². The maximum Gasteiger partial charge on any atom is 0.0505 e. The largest absolute Gasteiger partial charge is 0.376 e. The Bertz CT molecular complexity index is 439. The molecule has 0 spiro atoms. The second-order valence-corrected chi connectivity index (χ2v) is 5.63. The highest BCUT2D eigenvalue weighted by Gasteiger charge is 2.22. The summed E-state index contributed by atoms with van der Waals surface area (Å²) in [7, 11) is 0. The molecule has 1 nitrogen and oxygen atoms in total. The van der Waals surface area contributed by atoms with Crippen molar-refractivity contribution in [3.63, 3.8) is 0 Å². The quantitative estimate of drug-likeness (QED) is 0.731. The monoisotopic (exact) mass is 215 g/mol. The lowest BCUT2D eigenvalue weighted by Gasteiger charge is -2.32. The molecule has 0 fully saturated rings. The van der Waals surface area contributed by atoms with Crippen LogP contribution in [0.25, 0.3) is 5.57 Å². The van der Waals surface area contributed by atoms with Crippen molar-refractivity contribution in [3.05, 3.63) is 35.4 Å². The highest BCUT2D eigenvalue weighted by atomic mass is 15.0. The highest BCUT2D eigenvalue weighted by Crippen LogP contribution is 2.35. The van der Waals surface area contributed by atoms with E-state index in [4.69, 9.17) is 0 Å². The van der Waals surface area contributed by atoms with Gasteiger partial charge in [0.25, 0.3) is 0 Å². The van der Waals surface area contributed by atoms with Crippen molar-refractivity contribution >= 4 is 11.3 Å². The van der Waals surface area contributed by atoms with Gasteiger partial charge in [-0.25, -0.2) is 0 Å². The van der Waals surface area contributed by atoms with Gasteiger partial charge in [0.1, 0.15) is 0 Å². The number of rotatable bonds is 1. The molecule has 1 heteroatoms. The number of anilines is 1. The van der Waals surface area contributed by atoms with Crippen LogP contribution >= 0.6 is 0 Å². The number of benzene rings is 1. The first-order chi connectivity index (χ1) is 7.39. The lowest BCUT2D eigenvalue weighted by Crippen LogP contribution is -2.31. The summed E-state index contributed by atoms with van der Waals surface area (Å²) >= 11 is 0. The number of nitrogens with one attached hydrogen (secondary N) is 1. The second-order valence-electron chi connectivity index (χ2n) is 5.63. The predicted molar refractivity (Wildman–Crippen MR) is 71.9 cm³/mol. The third kappa shape index (κ3) is 1.99. The lowest BCUT2D eigenvalue weighted by molar-refractivity contribution is 0.706. The van der Waals surface area contributed by atoms with Gasteiger partial charge in [-0.1, -0.05) is 32.1 Å². The van der Waals surface area contributed by atoms with E-state index in [2.05, 4.69) is 64.2 Å². The minimum atomic E-state index is 0.0622. The summed E-state index contributed by atoms with van der Waals surface area (Å²) in [6.07, 6.45) is 2.30. The molecule has 0 aliphatic carbocycles. The van der Waals surface area contributed by atoms with E-state index in [1.165, 1.54) is 22.4 Å². The average molecular weight is 215 g/mol. The average Bonchev–Trinajstić information content (AvgIpc) is 2.14. The Balaban J connectivity index is 2.50. The van der Waals surface area contributed by atoms with Crippen LogP contribution in [0.1, 0.15) is 51.7 Å². The predicted octanol–water partition coefficient (Wildman–Crippen LogP) is 4.42. The van der Waals surface area contributed by atoms with E-state index in [0.29, 0.717) is 5.92 Å². The van der Waals surface area contributed by atoms with Crippen molar-refractivity contribution in [3.8, 4) is 0 Å². The lowest BCUT2D eigenvalue weighted by atomic mass is 9.89. The smallest absolute Gasteiger partial charge is 0.0505 e.